The van der Waals surface area contributed by atoms with Crippen molar-refractivity contribution in [2.45, 2.75) is 31.4 Å². The maximum Gasteiger partial charge on any atom is 0.317 e. The Morgan fingerprint density at radius 3 is 2.88 bits per heavy atom. The Balaban J connectivity index is 1.65. The van der Waals surface area contributed by atoms with Crippen molar-refractivity contribution in [3.05, 3.63) is 34.6 Å². The van der Waals surface area contributed by atoms with Crippen LogP contribution in [0, 0.1) is 11.7 Å². The Morgan fingerprint density at radius 1 is 1.36 bits per heavy atom. The van der Waals surface area contributed by atoms with Gasteiger partial charge in [0.15, 0.2) is 0 Å². The molecule has 0 spiro atoms. The molecule has 2 saturated heterocycles. The lowest BCUT2D eigenvalue weighted by atomic mass is 9.98. The Kier molecular flexibility index (Phi) is 5.44. The van der Waals surface area contributed by atoms with Gasteiger partial charge in [0, 0.05) is 19.7 Å². The van der Waals surface area contributed by atoms with E-state index in [2.05, 4.69) is 5.32 Å². The van der Waals surface area contributed by atoms with Gasteiger partial charge in [-0.15, -0.1) is 0 Å². The summed E-state index contributed by atoms with van der Waals surface area (Å²) in [6.45, 7) is 1.19. The standard InChI is InChI=1S/C17H20ClFN2O4/c18-12-4-3-10(8-13(12)19)15-14(5-7-25-15)20-17(24)21-6-1-2-11(9-21)16(22)23/h3-4,8,11,14-15H,1-2,5-7,9H2,(H,20,24)(H,22,23). The van der Waals surface area contributed by atoms with E-state index < -0.39 is 23.8 Å². The lowest BCUT2D eigenvalue weighted by Crippen LogP contribution is -2.50. The van der Waals surface area contributed by atoms with E-state index in [0.29, 0.717) is 38.0 Å². The average molecular weight is 371 g/mol. The molecule has 2 fully saturated rings. The quantitative estimate of drug-likeness (QED) is 0.857. The Hall–Kier alpha value is -1.86. The van der Waals surface area contributed by atoms with Crippen molar-refractivity contribution < 1.29 is 23.8 Å². The van der Waals surface area contributed by atoms with Crippen LogP contribution in [0.25, 0.3) is 0 Å². The van der Waals surface area contributed by atoms with Crippen molar-refractivity contribution in [1.82, 2.24) is 10.2 Å². The number of likely N-dealkylation sites (tertiary alicyclic amines) is 1. The summed E-state index contributed by atoms with van der Waals surface area (Å²) in [6, 6.07) is 3.87. The molecule has 0 saturated carbocycles. The Bertz CT molecular complexity index is 672. The van der Waals surface area contributed by atoms with Gasteiger partial charge in [0.2, 0.25) is 0 Å². The fourth-order valence-electron chi connectivity index (χ4n) is 3.37. The minimum Gasteiger partial charge on any atom is -0.481 e. The molecule has 0 aromatic heterocycles. The fraction of sp³-hybridized carbons (Fsp3) is 0.529. The number of nitrogens with zero attached hydrogens (tertiary/aromatic N) is 1. The van der Waals surface area contributed by atoms with Gasteiger partial charge in [-0.3, -0.25) is 4.79 Å². The number of urea groups is 1. The normalized spacial score (nSPS) is 26.5. The summed E-state index contributed by atoms with van der Waals surface area (Å²) >= 11 is 5.71. The van der Waals surface area contributed by atoms with Crippen LogP contribution in [0.15, 0.2) is 18.2 Å². The SMILES string of the molecule is O=C(O)C1CCCN(C(=O)NC2CCOC2c2ccc(Cl)c(F)c2)C1. The van der Waals surface area contributed by atoms with Gasteiger partial charge in [0.25, 0.3) is 0 Å². The molecule has 0 aliphatic carbocycles. The smallest absolute Gasteiger partial charge is 0.317 e. The Labute approximate surface area is 149 Å². The van der Waals surface area contributed by atoms with Crippen LogP contribution in [0.4, 0.5) is 9.18 Å². The monoisotopic (exact) mass is 370 g/mol. The Morgan fingerprint density at radius 2 is 2.16 bits per heavy atom. The molecule has 6 nitrogen and oxygen atoms in total. The molecule has 8 heteroatoms. The van der Waals surface area contributed by atoms with E-state index in [4.69, 9.17) is 21.4 Å². The number of hydrogen-bond acceptors (Lipinski definition) is 3. The van der Waals surface area contributed by atoms with Crippen LogP contribution in [-0.4, -0.2) is 47.7 Å². The topological polar surface area (TPSA) is 78.9 Å². The maximum atomic E-state index is 13.7. The van der Waals surface area contributed by atoms with Gasteiger partial charge >= 0.3 is 12.0 Å². The lowest BCUT2D eigenvalue weighted by molar-refractivity contribution is -0.143. The summed E-state index contributed by atoms with van der Waals surface area (Å²) in [7, 11) is 0. The molecule has 0 radical (unpaired) electrons. The zero-order valence-electron chi connectivity index (χ0n) is 13.6. The first-order valence-corrected chi connectivity index (χ1v) is 8.68. The predicted octanol–water partition coefficient (Wildman–Crippen LogP) is 2.82. The second-order valence-electron chi connectivity index (χ2n) is 6.43. The molecule has 3 unspecified atom stereocenters. The van der Waals surface area contributed by atoms with Crippen LogP contribution < -0.4 is 5.32 Å². The van der Waals surface area contributed by atoms with E-state index in [1.165, 1.54) is 17.0 Å². The molecule has 2 aliphatic heterocycles. The number of hydrogen-bond donors (Lipinski definition) is 2. The highest BCUT2D eigenvalue weighted by atomic mass is 35.5. The number of carbonyl (C=O) groups excluding carboxylic acids is 1. The van der Waals surface area contributed by atoms with Crippen molar-refractivity contribution in [3.8, 4) is 0 Å². The highest BCUT2D eigenvalue weighted by Gasteiger charge is 2.34. The molecule has 0 bridgehead atoms. The van der Waals surface area contributed by atoms with Gasteiger partial charge in [0.1, 0.15) is 11.9 Å². The second-order valence-corrected chi connectivity index (χ2v) is 6.84. The van der Waals surface area contributed by atoms with E-state index in [1.54, 1.807) is 6.07 Å². The molecule has 3 atom stereocenters. The van der Waals surface area contributed by atoms with E-state index in [9.17, 15) is 14.0 Å². The van der Waals surface area contributed by atoms with Crippen molar-refractivity contribution in [1.29, 1.82) is 0 Å². The van der Waals surface area contributed by atoms with Crippen LogP contribution in [0.1, 0.15) is 30.9 Å². The number of halogens is 2. The van der Waals surface area contributed by atoms with Crippen LogP contribution >= 0.6 is 11.6 Å². The molecule has 1 aromatic rings. The van der Waals surface area contributed by atoms with Gasteiger partial charge in [-0.1, -0.05) is 17.7 Å². The number of ether oxygens (including phenoxy) is 1. The third-order valence-corrected chi connectivity index (χ3v) is 5.04. The van der Waals surface area contributed by atoms with E-state index in [0.717, 1.165) is 0 Å². The molecule has 1 aromatic carbocycles. The van der Waals surface area contributed by atoms with Crippen LogP contribution in [0.5, 0.6) is 0 Å². The summed E-state index contributed by atoms with van der Waals surface area (Å²) in [5.74, 6) is -1.93. The summed E-state index contributed by atoms with van der Waals surface area (Å²) in [5.41, 5.74) is 0.617. The largest absolute Gasteiger partial charge is 0.481 e. The molecular weight excluding hydrogens is 351 g/mol. The van der Waals surface area contributed by atoms with Crippen molar-refractivity contribution in [2.24, 2.45) is 5.92 Å². The summed E-state index contributed by atoms with van der Waals surface area (Å²) in [5, 5.41) is 12.1. The fourth-order valence-corrected chi connectivity index (χ4v) is 3.49. The number of carboxylic acids is 1. The highest BCUT2D eigenvalue weighted by molar-refractivity contribution is 6.30. The first kappa shape index (κ1) is 17.9. The summed E-state index contributed by atoms with van der Waals surface area (Å²) < 4.78 is 19.4. The van der Waals surface area contributed by atoms with E-state index >= 15 is 0 Å². The van der Waals surface area contributed by atoms with Gasteiger partial charge in [0.05, 0.1) is 17.0 Å². The van der Waals surface area contributed by atoms with E-state index in [1.807, 2.05) is 0 Å². The van der Waals surface area contributed by atoms with Crippen LogP contribution in [0.3, 0.4) is 0 Å². The third kappa shape index (κ3) is 4.04. The minimum absolute atomic E-state index is 0.0374. The molecule has 2 N–H and O–H groups in total. The number of aliphatic carboxylic acids is 1. The van der Waals surface area contributed by atoms with Crippen LogP contribution in [0.2, 0.25) is 5.02 Å². The molecule has 2 amide bonds. The van der Waals surface area contributed by atoms with Gasteiger partial charge in [-0.05, 0) is 37.0 Å². The van der Waals surface area contributed by atoms with Crippen molar-refractivity contribution in [3.63, 3.8) is 0 Å². The number of amides is 2. The third-order valence-electron chi connectivity index (χ3n) is 4.73. The van der Waals surface area contributed by atoms with Crippen molar-refractivity contribution >= 4 is 23.6 Å². The molecule has 2 heterocycles. The molecular formula is C17H20ClFN2O4. The first-order valence-electron chi connectivity index (χ1n) is 8.30. The number of rotatable bonds is 3. The van der Waals surface area contributed by atoms with Gasteiger partial charge < -0.3 is 20.1 Å². The number of benzene rings is 1. The average Bonchev–Trinajstić information content (AvgIpc) is 3.05. The number of nitrogens with one attached hydrogen (secondary N) is 1. The lowest BCUT2D eigenvalue weighted by Gasteiger charge is -2.32. The number of carboxylic acid groups (broad SMARTS) is 1. The molecule has 25 heavy (non-hydrogen) atoms. The van der Waals surface area contributed by atoms with Crippen LogP contribution in [-0.2, 0) is 9.53 Å². The zero-order chi connectivity index (χ0) is 18.0. The number of piperidine rings is 1. The van der Waals surface area contributed by atoms with Gasteiger partial charge in [-0.2, -0.15) is 0 Å². The minimum atomic E-state index is -0.879. The molecule has 3 rings (SSSR count). The summed E-state index contributed by atoms with van der Waals surface area (Å²) in [6.07, 6.45) is 1.41. The predicted molar refractivity (Wildman–Crippen MR) is 89.0 cm³/mol. The highest BCUT2D eigenvalue weighted by Crippen LogP contribution is 2.31. The second kappa shape index (κ2) is 7.58. The summed E-state index contributed by atoms with van der Waals surface area (Å²) in [4.78, 5) is 25.2. The van der Waals surface area contributed by atoms with Crippen molar-refractivity contribution in [2.75, 3.05) is 19.7 Å². The first-order chi connectivity index (χ1) is 12.0. The maximum absolute atomic E-state index is 13.7. The molecule has 136 valence electrons. The molecule has 2 aliphatic rings. The zero-order valence-corrected chi connectivity index (χ0v) is 14.3. The van der Waals surface area contributed by atoms with Gasteiger partial charge in [-0.25, -0.2) is 9.18 Å². The van der Waals surface area contributed by atoms with E-state index in [-0.39, 0.29) is 23.6 Å². The number of carbonyl (C=O) groups is 2.